The molecule has 0 radical (unpaired) electrons. The molecule has 1 unspecified atom stereocenters. The number of aryl methyl sites for hydroxylation is 1. The fourth-order valence-electron chi connectivity index (χ4n) is 3.24. The number of hydrogen-bond donors (Lipinski definition) is 3. The number of piperazine rings is 1. The Kier molecular flexibility index (Phi) is 5.14. The highest BCUT2D eigenvalue weighted by atomic mass is 16.4. The Bertz CT molecular complexity index is 751. The van der Waals surface area contributed by atoms with Gasteiger partial charge in [0.2, 0.25) is 5.95 Å². The van der Waals surface area contributed by atoms with Crippen LogP contribution in [0.15, 0.2) is 30.3 Å². The van der Waals surface area contributed by atoms with Gasteiger partial charge in [-0.15, -0.1) is 0 Å². The predicted molar refractivity (Wildman–Crippen MR) is 96.5 cm³/mol. The van der Waals surface area contributed by atoms with Crippen molar-refractivity contribution in [3.63, 3.8) is 0 Å². The molecule has 0 amide bonds. The number of aromatic nitrogens is 2. The highest BCUT2D eigenvalue weighted by Gasteiger charge is 2.25. The third kappa shape index (κ3) is 4.06. The Hall–Kier alpha value is -2.67. The van der Waals surface area contributed by atoms with Gasteiger partial charge in [-0.3, -0.25) is 4.79 Å². The lowest BCUT2D eigenvalue weighted by atomic mass is 10.0. The van der Waals surface area contributed by atoms with Crippen molar-refractivity contribution in [2.75, 3.05) is 30.3 Å². The van der Waals surface area contributed by atoms with E-state index < -0.39 is 5.97 Å². The van der Waals surface area contributed by atoms with E-state index in [-0.39, 0.29) is 18.4 Å². The molecule has 25 heavy (non-hydrogen) atoms. The van der Waals surface area contributed by atoms with E-state index in [0.717, 1.165) is 36.7 Å². The fraction of sp³-hybridized carbons (Fsp3) is 0.389. The molecule has 1 fully saturated rings. The second-order valence-corrected chi connectivity index (χ2v) is 6.23. The first-order valence-corrected chi connectivity index (χ1v) is 8.42. The van der Waals surface area contributed by atoms with Crippen molar-refractivity contribution in [2.24, 2.45) is 0 Å². The number of hydrogen-bond acceptors (Lipinski definition) is 6. The zero-order valence-corrected chi connectivity index (χ0v) is 14.3. The summed E-state index contributed by atoms with van der Waals surface area (Å²) in [6.45, 7) is 4.22. The van der Waals surface area contributed by atoms with Gasteiger partial charge in [0, 0.05) is 43.4 Å². The summed E-state index contributed by atoms with van der Waals surface area (Å²) >= 11 is 0. The van der Waals surface area contributed by atoms with Gasteiger partial charge in [0.05, 0.1) is 0 Å². The molecule has 0 bridgehead atoms. The van der Waals surface area contributed by atoms with Crippen molar-refractivity contribution in [1.82, 2.24) is 15.3 Å². The monoisotopic (exact) mass is 341 g/mol. The first-order chi connectivity index (χ1) is 12.0. The van der Waals surface area contributed by atoms with Crippen LogP contribution in [0.4, 0.5) is 11.8 Å². The number of carboxylic acid groups (broad SMARTS) is 1. The lowest BCUT2D eigenvalue weighted by molar-refractivity contribution is -0.136. The van der Waals surface area contributed by atoms with Crippen LogP contribution in [0.5, 0.6) is 0 Å². The van der Waals surface area contributed by atoms with Gasteiger partial charge in [-0.05, 0) is 18.9 Å². The molecule has 1 atom stereocenters. The van der Waals surface area contributed by atoms with Crippen LogP contribution < -0.4 is 16.0 Å². The third-order valence-electron chi connectivity index (χ3n) is 4.48. The summed E-state index contributed by atoms with van der Waals surface area (Å²) in [6.07, 6.45) is 0.450. The SMILES string of the molecule is Cc1nc(N)nc(N2CCNC(c3ccccc3)C2)c1CCC(=O)O. The van der Waals surface area contributed by atoms with Crippen LogP contribution in [0.25, 0.3) is 0 Å². The zero-order valence-electron chi connectivity index (χ0n) is 14.3. The average Bonchev–Trinajstić information content (AvgIpc) is 2.61. The zero-order chi connectivity index (χ0) is 17.8. The van der Waals surface area contributed by atoms with Gasteiger partial charge < -0.3 is 21.1 Å². The molecule has 1 saturated heterocycles. The number of nitrogens with two attached hydrogens (primary N) is 1. The van der Waals surface area contributed by atoms with Crippen LogP contribution in [-0.2, 0) is 11.2 Å². The summed E-state index contributed by atoms with van der Waals surface area (Å²) < 4.78 is 0. The number of rotatable bonds is 5. The largest absolute Gasteiger partial charge is 0.481 e. The Morgan fingerprint density at radius 3 is 2.84 bits per heavy atom. The van der Waals surface area contributed by atoms with Crippen molar-refractivity contribution >= 4 is 17.7 Å². The molecular weight excluding hydrogens is 318 g/mol. The minimum atomic E-state index is -0.829. The third-order valence-corrected chi connectivity index (χ3v) is 4.48. The van der Waals surface area contributed by atoms with Crippen molar-refractivity contribution < 1.29 is 9.90 Å². The van der Waals surface area contributed by atoms with Gasteiger partial charge in [-0.1, -0.05) is 30.3 Å². The topological polar surface area (TPSA) is 104 Å². The highest BCUT2D eigenvalue weighted by Crippen LogP contribution is 2.27. The van der Waals surface area contributed by atoms with Gasteiger partial charge in [0.1, 0.15) is 5.82 Å². The molecule has 1 aliphatic rings. The van der Waals surface area contributed by atoms with Crippen LogP contribution in [0.1, 0.15) is 29.3 Å². The number of nitrogens with zero attached hydrogens (tertiary/aromatic N) is 3. The van der Waals surface area contributed by atoms with Crippen molar-refractivity contribution in [2.45, 2.75) is 25.8 Å². The second kappa shape index (κ2) is 7.48. The molecule has 7 nitrogen and oxygen atoms in total. The van der Waals surface area contributed by atoms with Gasteiger partial charge in [-0.25, -0.2) is 4.98 Å². The van der Waals surface area contributed by atoms with Crippen LogP contribution >= 0.6 is 0 Å². The minimum Gasteiger partial charge on any atom is -0.481 e. The Morgan fingerprint density at radius 1 is 1.36 bits per heavy atom. The summed E-state index contributed by atoms with van der Waals surface area (Å²) in [5.41, 5.74) is 8.69. The molecule has 2 aromatic rings. The molecule has 0 spiro atoms. The smallest absolute Gasteiger partial charge is 0.303 e. The Labute approximate surface area is 146 Å². The molecule has 0 aliphatic carbocycles. The molecular formula is C18H23N5O2. The lowest BCUT2D eigenvalue weighted by Crippen LogP contribution is -2.46. The molecule has 1 aromatic carbocycles. The van der Waals surface area contributed by atoms with Gasteiger partial charge in [0.15, 0.2) is 0 Å². The summed E-state index contributed by atoms with van der Waals surface area (Å²) in [5.74, 6) is 0.152. The molecule has 1 aliphatic heterocycles. The number of carboxylic acids is 1. The number of benzene rings is 1. The summed E-state index contributed by atoms with van der Waals surface area (Å²) in [5, 5.41) is 12.5. The molecule has 1 aromatic heterocycles. The van der Waals surface area contributed by atoms with Crippen molar-refractivity contribution in [1.29, 1.82) is 0 Å². The second-order valence-electron chi connectivity index (χ2n) is 6.23. The van der Waals surface area contributed by atoms with Crippen molar-refractivity contribution in [3.05, 3.63) is 47.2 Å². The number of anilines is 2. The maximum Gasteiger partial charge on any atom is 0.303 e. The number of nitrogens with one attached hydrogen (secondary N) is 1. The maximum atomic E-state index is 11.0. The quantitative estimate of drug-likeness (QED) is 0.757. The molecule has 7 heteroatoms. The number of carbonyl (C=O) groups is 1. The van der Waals surface area contributed by atoms with Crippen LogP contribution in [-0.4, -0.2) is 40.7 Å². The average molecular weight is 341 g/mol. The molecule has 132 valence electrons. The normalized spacial score (nSPS) is 17.5. The van der Waals surface area contributed by atoms with Crippen LogP contribution in [0.3, 0.4) is 0 Å². The minimum absolute atomic E-state index is 0.0509. The van der Waals surface area contributed by atoms with E-state index in [9.17, 15) is 4.79 Å². The summed E-state index contributed by atoms with van der Waals surface area (Å²) in [4.78, 5) is 21.8. The van der Waals surface area contributed by atoms with E-state index in [1.165, 1.54) is 5.56 Å². The first kappa shape index (κ1) is 17.2. The number of nitrogen functional groups attached to an aromatic ring is 1. The molecule has 2 heterocycles. The molecule has 4 N–H and O–H groups in total. The lowest BCUT2D eigenvalue weighted by Gasteiger charge is -2.36. The van der Waals surface area contributed by atoms with E-state index >= 15 is 0 Å². The fourth-order valence-corrected chi connectivity index (χ4v) is 3.24. The molecule has 0 saturated carbocycles. The van der Waals surface area contributed by atoms with E-state index in [4.69, 9.17) is 10.8 Å². The standard InChI is InChI=1S/C18H23N5O2/c1-12-14(7-8-16(24)25)17(22-18(19)21-12)23-10-9-20-15(11-23)13-5-3-2-4-6-13/h2-6,15,20H,7-11H2,1H3,(H,24,25)(H2,19,21,22). The number of aliphatic carboxylic acids is 1. The van der Waals surface area contributed by atoms with Crippen LogP contribution in [0, 0.1) is 6.92 Å². The molecule has 3 rings (SSSR count). The predicted octanol–water partition coefficient (Wildman–Crippen LogP) is 1.54. The summed E-state index contributed by atoms with van der Waals surface area (Å²) in [7, 11) is 0. The summed E-state index contributed by atoms with van der Waals surface area (Å²) in [6, 6.07) is 10.5. The van der Waals surface area contributed by atoms with Gasteiger partial charge in [0.25, 0.3) is 0 Å². The van der Waals surface area contributed by atoms with E-state index in [1.807, 2.05) is 25.1 Å². The van der Waals surface area contributed by atoms with Gasteiger partial charge >= 0.3 is 5.97 Å². The van der Waals surface area contributed by atoms with E-state index in [1.54, 1.807) is 0 Å². The van der Waals surface area contributed by atoms with Crippen LogP contribution in [0.2, 0.25) is 0 Å². The maximum absolute atomic E-state index is 11.0. The van der Waals surface area contributed by atoms with Gasteiger partial charge in [-0.2, -0.15) is 4.98 Å². The van der Waals surface area contributed by atoms with E-state index in [2.05, 4.69) is 32.3 Å². The van der Waals surface area contributed by atoms with E-state index in [0.29, 0.717) is 6.42 Å². The van der Waals surface area contributed by atoms with Crippen molar-refractivity contribution in [3.8, 4) is 0 Å². The Balaban J connectivity index is 1.88. The highest BCUT2D eigenvalue weighted by molar-refractivity contribution is 5.68. The Morgan fingerprint density at radius 2 is 2.12 bits per heavy atom. The first-order valence-electron chi connectivity index (χ1n) is 8.42.